The van der Waals surface area contributed by atoms with Crippen LogP contribution in [0.15, 0.2) is 18.2 Å². The first-order valence-electron chi connectivity index (χ1n) is 6.61. The maximum absolute atomic E-state index is 3.59. The summed E-state index contributed by atoms with van der Waals surface area (Å²) in [6, 6.07) is 7.48. The van der Waals surface area contributed by atoms with Gasteiger partial charge in [-0.1, -0.05) is 13.0 Å². The van der Waals surface area contributed by atoms with Crippen LogP contribution < -0.4 is 5.32 Å². The topological polar surface area (TPSA) is 27.8 Å². The summed E-state index contributed by atoms with van der Waals surface area (Å²) >= 11 is 0. The number of likely N-dealkylation sites (N-methyl/N-ethyl adjacent to an activating group) is 1. The first-order chi connectivity index (χ1) is 8.31. The van der Waals surface area contributed by atoms with E-state index in [1.54, 1.807) is 5.56 Å². The van der Waals surface area contributed by atoms with Crippen LogP contribution in [-0.2, 0) is 19.3 Å². The van der Waals surface area contributed by atoms with Crippen LogP contribution in [0.1, 0.15) is 30.2 Å². The van der Waals surface area contributed by atoms with Crippen LogP contribution in [0.4, 0.5) is 0 Å². The van der Waals surface area contributed by atoms with Crippen LogP contribution in [0.25, 0.3) is 10.9 Å². The smallest absolute Gasteiger partial charge is 0.0459 e. The molecular formula is C15H20N2. The second-order valence-electron chi connectivity index (χ2n) is 5.04. The van der Waals surface area contributed by atoms with Crippen molar-refractivity contribution >= 4 is 10.9 Å². The molecule has 0 radical (unpaired) electrons. The van der Waals surface area contributed by atoms with E-state index in [1.165, 1.54) is 35.0 Å². The van der Waals surface area contributed by atoms with Gasteiger partial charge >= 0.3 is 0 Å². The summed E-state index contributed by atoms with van der Waals surface area (Å²) < 4.78 is 0. The Morgan fingerprint density at radius 3 is 3.06 bits per heavy atom. The predicted octanol–water partition coefficient (Wildman–Crippen LogP) is 2.81. The Labute approximate surface area is 102 Å². The first-order valence-corrected chi connectivity index (χ1v) is 6.61. The molecule has 0 spiro atoms. The van der Waals surface area contributed by atoms with Crippen LogP contribution in [-0.4, -0.2) is 18.1 Å². The van der Waals surface area contributed by atoms with Crippen molar-refractivity contribution in [2.24, 2.45) is 0 Å². The zero-order valence-corrected chi connectivity index (χ0v) is 10.6. The maximum Gasteiger partial charge on any atom is 0.0459 e. The number of benzene rings is 1. The molecule has 3 rings (SSSR count). The van der Waals surface area contributed by atoms with Gasteiger partial charge in [-0.05, 0) is 49.6 Å². The molecule has 1 unspecified atom stereocenters. The number of rotatable bonds is 2. The summed E-state index contributed by atoms with van der Waals surface area (Å²) in [4.78, 5) is 3.59. The van der Waals surface area contributed by atoms with Crippen LogP contribution in [0.3, 0.4) is 0 Å². The first kappa shape index (κ1) is 10.8. The van der Waals surface area contributed by atoms with Gasteiger partial charge in [0.05, 0.1) is 0 Å². The minimum Gasteiger partial charge on any atom is -0.358 e. The van der Waals surface area contributed by atoms with E-state index in [-0.39, 0.29) is 0 Å². The number of hydrogen-bond acceptors (Lipinski definition) is 1. The standard InChI is InChI=1S/C15H20N2/c1-3-10-4-7-14-13(8-10)12-6-5-11(16-2)9-15(12)17-14/h4,7-8,11,16-17H,3,5-6,9H2,1-2H3. The molecule has 2 heteroatoms. The van der Waals surface area contributed by atoms with Crippen LogP contribution in [0.2, 0.25) is 0 Å². The Balaban J connectivity index is 2.09. The summed E-state index contributed by atoms with van der Waals surface area (Å²) in [6.45, 7) is 2.22. The summed E-state index contributed by atoms with van der Waals surface area (Å²) in [7, 11) is 2.06. The van der Waals surface area contributed by atoms with E-state index in [0.29, 0.717) is 6.04 Å². The molecule has 90 valence electrons. The molecule has 1 heterocycles. The van der Waals surface area contributed by atoms with Crippen molar-refractivity contribution in [2.75, 3.05) is 7.05 Å². The molecule has 17 heavy (non-hydrogen) atoms. The molecular weight excluding hydrogens is 208 g/mol. The zero-order chi connectivity index (χ0) is 11.8. The number of aryl methyl sites for hydroxylation is 2. The molecule has 0 saturated heterocycles. The molecule has 0 bridgehead atoms. The van der Waals surface area contributed by atoms with Gasteiger partial charge in [0.1, 0.15) is 0 Å². The average molecular weight is 228 g/mol. The van der Waals surface area contributed by atoms with E-state index in [1.807, 2.05) is 0 Å². The SMILES string of the molecule is CCc1ccc2[nH]c3c(c2c1)CCC(NC)C3. The van der Waals surface area contributed by atoms with E-state index in [0.717, 1.165) is 12.8 Å². The van der Waals surface area contributed by atoms with E-state index < -0.39 is 0 Å². The fourth-order valence-corrected chi connectivity index (χ4v) is 2.94. The monoisotopic (exact) mass is 228 g/mol. The summed E-state index contributed by atoms with van der Waals surface area (Å²) in [5, 5.41) is 4.84. The normalized spacial score (nSPS) is 19.5. The van der Waals surface area contributed by atoms with Crippen molar-refractivity contribution in [3.05, 3.63) is 35.0 Å². The molecule has 1 aromatic carbocycles. The third kappa shape index (κ3) is 1.77. The van der Waals surface area contributed by atoms with Gasteiger partial charge in [0.2, 0.25) is 0 Å². The van der Waals surface area contributed by atoms with Crippen LogP contribution >= 0.6 is 0 Å². The highest BCUT2D eigenvalue weighted by Crippen LogP contribution is 2.29. The third-order valence-electron chi connectivity index (χ3n) is 4.07. The number of nitrogens with one attached hydrogen (secondary N) is 2. The Kier molecular flexibility index (Phi) is 2.67. The van der Waals surface area contributed by atoms with Crippen molar-refractivity contribution in [1.82, 2.24) is 10.3 Å². The second-order valence-corrected chi connectivity index (χ2v) is 5.04. The molecule has 1 aliphatic carbocycles. The third-order valence-corrected chi connectivity index (χ3v) is 4.07. The van der Waals surface area contributed by atoms with Crippen LogP contribution in [0, 0.1) is 0 Å². The molecule has 1 atom stereocenters. The summed E-state index contributed by atoms with van der Waals surface area (Å²) in [5.41, 5.74) is 5.75. The van der Waals surface area contributed by atoms with Crippen molar-refractivity contribution in [1.29, 1.82) is 0 Å². The predicted molar refractivity (Wildman–Crippen MR) is 72.5 cm³/mol. The van der Waals surface area contributed by atoms with Crippen molar-refractivity contribution in [3.8, 4) is 0 Å². The maximum atomic E-state index is 3.59. The lowest BCUT2D eigenvalue weighted by Gasteiger charge is -2.21. The summed E-state index contributed by atoms with van der Waals surface area (Å²) in [5.74, 6) is 0. The average Bonchev–Trinajstić information content (AvgIpc) is 2.74. The minimum absolute atomic E-state index is 0.640. The van der Waals surface area contributed by atoms with Gasteiger partial charge in [-0.2, -0.15) is 0 Å². The van der Waals surface area contributed by atoms with Gasteiger partial charge in [0.25, 0.3) is 0 Å². The molecule has 1 aromatic heterocycles. The van der Waals surface area contributed by atoms with Gasteiger partial charge in [-0.25, -0.2) is 0 Å². The van der Waals surface area contributed by atoms with Crippen molar-refractivity contribution < 1.29 is 0 Å². The highest BCUT2D eigenvalue weighted by Gasteiger charge is 2.21. The number of aromatic nitrogens is 1. The quantitative estimate of drug-likeness (QED) is 0.812. The fraction of sp³-hybridized carbons (Fsp3) is 0.467. The number of hydrogen-bond donors (Lipinski definition) is 2. The number of H-pyrrole nitrogens is 1. The number of fused-ring (bicyclic) bond motifs is 3. The van der Waals surface area contributed by atoms with Gasteiger partial charge in [-0.3, -0.25) is 0 Å². The van der Waals surface area contributed by atoms with E-state index >= 15 is 0 Å². The lowest BCUT2D eigenvalue weighted by molar-refractivity contribution is 0.493. The molecule has 0 aliphatic heterocycles. The lowest BCUT2D eigenvalue weighted by atomic mass is 9.91. The second kappa shape index (κ2) is 4.19. The molecule has 1 aliphatic rings. The van der Waals surface area contributed by atoms with Crippen molar-refractivity contribution in [3.63, 3.8) is 0 Å². The van der Waals surface area contributed by atoms with Gasteiger partial charge in [0, 0.05) is 29.1 Å². The fourth-order valence-electron chi connectivity index (χ4n) is 2.94. The molecule has 0 saturated carbocycles. The molecule has 0 fully saturated rings. The molecule has 2 nitrogen and oxygen atoms in total. The van der Waals surface area contributed by atoms with Crippen LogP contribution in [0.5, 0.6) is 0 Å². The number of aromatic amines is 1. The highest BCUT2D eigenvalue weighted by atomic mass is 14.9. The Hall–Kier alpha value is -1.28. The van der Waals surface area contributed by atoms with E-state index in [2.05, 4.69) is 42.5 Å². The largest absolute Gasteiger partial charge is 0.358 e. The van der Waals surface area contributed by atoms with Gasteiger partial charge in [-0.15, -0.1) is 0 Å². The van der Waals surface area contributed by atoms with E-state index in [4.69, 9.17) is 0 Å². The Bertz CT molecular complexity index is 539. The highest BCUT2D eigenvalue weighted by molar-refractivity contribution is 5.85. The van der Waals surface area contributed by atoms with Crippen molar-refractivity contribution in [2.45, 2.75) is 38.6 Å². The molecule has 2 N–H and O–H groups in total. The minimum atomic E-state index is 0.640. The van der Waals surface area contributed by atoms with Gasteiger partial charge in [0.15, 0.2) is 0 Å². The molecule has 2 aromatic rings. The Morgan fingerprint density at radius 2 is 2.29 bits per heavy atom. The lowest BCUT2D eigenvalue weighted by Crippen LogP contribution is -2.31. The zero-order valence-electron chi connectivity index (χ0n) is 10.6. The van der Waals surface area contributed by atoms with Gasteiger partial charge < -0.3 is 10.3 Å². The Morgan fingerprint density at radius 1 is 1.41 bits per heavy atom. The summed E-state index contributed by atoms with van der Waals surface area (Å²) in [6.07, 6.45) is 4.72. The molecule has 0 amide bonds. The van der Waals surface area contributed by atoms with E-state index in [9.17, 15) is 0 Å².